The molecule has 0 aliphatic rings. The molecule has 3 aromatic rings. The van der Waals surface area contributed by atoms with Crippen LogP contribution < -0.4 is 5.43 Å². The third-order valence-corrected chi connectivity index (χ3v) is 3.22. The molecule has 0 aliphatic carbocycles. The number of hydrogen-bond acceptors (Lipinski definition) is 4. The van der Waals surface area contributed by atoms with Crippen LogP contribution in [0.5, 0.6) is 0 Å². The number of carbonyl (C=O) groups is 1. The highest BCUT2D eigenvalue weighted by molar-refractivity contribution is 6.13. The molecule has 1 amide bonds. The molecule has 0 fully saturated rings. The number of rotatable bonds is 4. The first-order valence-corrected chi connectivity index (χ1v) is 7.16. The van der Waals surface area contributed by atoms with E-state index in [1.165, 1.54) is 0 Å². The summed E-state index contributed by atoms with van der Waals surface area (Å²) in [7, 11) is 0. The third-order valence-electron chi connectivity index (χ3n) is 3.22. The van der Waals surface area contributed by atoms with Gasteiger partial charge in [0.2, 0.25) is 0 Å². The number of aryl methyl sites for hydroxylation is 1. The fourth-order valence-electron chi connectivity index (χ4n) is 2.13. The average Bonchev–Trinajstić information content (AvgIpc) is 3.03. The van der Waals surface area contributed by atoms with Crippen LogP contribution in [0.15, 0.2) is 76.4 Å². The summed E-state index contributed by atoms with van der Waals surface area (Å²) < 4.78 is 4.90. The minimum atomic E-state index is -0.411. The van der Waals surface area contributed by atoms with Gasteiger partial charge in [-0.3, -0.25) is 4.79 Å². The van der Waals surface area contributed by atoms with Crippen LogP contribution in [0.25, 0.3) is 0 Å². The van der Waals surface area contributed by atoms with Gasteiger partial charge in [-0.05, 0) is 6.92 Å². The van der Waals surface area contributed by atoms with Crippen molar-refractivity contribution < 1.29 is 9.32 Å². The second kappa shape index (κ2) is 6.70. The minimum Gasteiger partial charge on any atom is -0.361 e. The summed E-state index contributed by atoms with van der Waals surface area (Å²) in [5.74, 6) is 0.164. The average molecular weight is 305 g/mol. The number of benzene rings is 2. The first-order chi connectivity index (χ1) is 11.2. The molecular formula is C18H15N3O2. The maximum atomic E-state index is 12.1. The van der Waals surface area contributed by atoms with Crippen LogP contribution in [-0.2, 0) is 0 Å². The Kier molecular flexibility index (Phi) is 4.29. The van der Waals surface area contributed by atoms with E-state index < -0.39 is 5.91 Å². The Balaban J connectivity index is 1.91. The highest BCUT2D eigenvalue weighted by Gasteiger charge is 2.12. The summed E-state index contributed by atoms with van der Waals surface area (Å²) in [6.45, 7) is 1.73. The molecule has 0 spiro atoms. The van der Waals surface area contributed by atoms with Crippen LogP contribution in [-0.4, -0.2) is 16.8 Å². The molecule has 0 unspecified atom stereocenters. The van der Waals surface area contributed by atoms with Crippen molar-refractivity contribution in [3.05, 3.63) is 89.3 Å². The highest BCUT2D eigenvalue weighted by atomic mass is 16.5. The molecule has 23 heavy (non-hydrogen) atoms. The van der Waals surface area contributed by atoms with Gasteiger partial charge in [-0.25, -0.2) is 5.43 Å². The van der Waals surface area contributed by atoms with Crippen LogP contribution >= 0.6 is 0 Å². The van der Waals surface area contributed by atoms with Crippen molar-refractivity contribution in [1.82, 2.24) is 10.6 Å². The topological polar surface area (TPSA) is 67.5 Å². The zero-order valence-corrected chi connectivity index (χ0v) is 12.6. The lowest BCUT2D eigenvalue weighted by Gasteiger charge is -2.07. The van der Waals surface area contributed by atoms with E-state index in [-0.39, 0.29) is 5.69 Å². The molecule has 0 bridgehead atoms. The van der Waals surface area contributed by atoms with Gasteiger partial charge in [0.15, 0.2) is 5.69 Å². The molecule has 0 atom stereocenters. The maximum absolute atomic E-state index is 12.1. The summed E-state index contributed by atoms with van der Waals surface area (Å²) in [4.78, 5) is 12.1. The Hall–Kier alpha value is -3.21. The van der Waals surface area contributed by atoms with Gasteiger partial charge in [0.25, 0.3) is 5.91 Å². The molecule has 0 radical (unpaired) electrons. The lowest BCUT2D eigenvalue weighted by Crippen LogP contribution is -2.20. The Labute approximate surface area is 133 Å². The zero-order chi connectivity index (χ0) is 16.1. The maximum Gasteiger partial charge on any atom is 0.293 e. The van der Waals surface area contributed by atoms with Crippen LogP contribution in [0, 0.1) is 6.92 Å². The van der Waals surface area contributed by atoms with Crippen molar-refractivity contribution in [2.24, 2.45) is 5.10 Å². The van der Waals surface area contributed by atoms with Crippen LogP contribution in [0.2, 0.25) is 0 Å². The molecule has 1 heterocycles. The quantitative estimate of drug-likeness (QED) is 0.594. The monoisotopic (exact) mass is 305 g/mol. The van der Waals surface area contributed by atoms with Crippen molar-refractivity contribution >= 4 is 11.6 Å². The van der Waals surface area contributed by atoms with Crippen molar-refractivity contribution in [3.63, 3.8) is 0 Å². The molecule has 0 saturated carbocycles. The van der Waals surface area contributed by atoms with Gasteiger partial charge in [-0.2, -0.15) is 5.10 Å². The standard InChI is InChI=1S/C18H15N3O2/c1-13-12-16(21-23-13)18(22)20-19-17(14-8-4-2-5-9-14)15-10-6-3-7-11-15/h2-12H,1H3,(H,20,22). The van der Waals surface area contributed by atoms with Crippen LogP contribution in [0.3, 0.4) is 0 Å². The molecule has 114 valence electrons. The molecule has 0 aliphatic heterocycles. The first-order valence-electron chi connectivity index (χ1n) is 7.16. The summed E-state index contributed by atoms with van der Waals surface area (Å²) in [5, 5.41) is 7.97. The zero-order valence-electron chi connectivity index (χ0n) is 12.6. The van der Waals surface area contributed by atoms with E-state index in [1.54, 1.807) is 13.0 Å². The Morgan fingerprint density at radius 3 is 2.04 bits per heavy atom. The molecule has 3 rings (SSSR count). The van der Waals surface area contributed by atoms with Crippen molar-refractivity contribution in [3.8, 4) is 0 Å². The lowest BCUT2D eigenvalue weighted by molar-refractivity contribution is 0.0946. The van der Waals surface area contributed by atoms with E-state index in [1.807, 2.05) is 60.7 Å². The summed E-state index contributed by atoms with van der Waals surface area (Å²) in [6, 6.07) is 20.9. The summed E-state index contributed by atoms with van der Waals surface area (Å²) >= 11 is 0. The Morgan fingerprint density at radius 1 is 1.00 bits per heavy atom. The van der Waals surface area contributed by atoms with E-state index in [0.717, 1.165) is 11.1 Å². The second-order valence-corrected chi connectivity index (χ2v) is 4.96. The van der Waals surface area contributed by atoms with E-state index in [9.17, 15) is 4.79 Å². The number of hydrazone groups is 1. The Morgan fingerprint density at radius 2 is 1.57 bits per heavy atom. The van der Waals surface area contributed by atoms with E-state index in [4.69, 9.17) is 4.52 Å². The third kappa shape index (κ3) is 3.52. The van der Waals surface area contributed by atoms with Gasteiger partial charge in [0.1, 0.15) is 5.76 Å². The van der Waals surface area contributed by atoms with Gasteiger partial charge in [-0.15, -0.1) is 0 Å². The summed E-state index contributed by atoms with van der Waals surface area (Å²) in [5.41, 5.74) is 5.24. The van der Waals surface area contributed by atoms with Crippen molar-refractivity contribution in [2.75, 3.05) is 0 Å². The number of hydrogen-bond donors (Lipinski definition) is 1. The van der Waals surface area contributed by atoms with Gasteiger partial charge in [0.05, 0.1) is 5.71 Å². The fraction of sp³-hybridized carbons (Fsp3) is 0.0556. The van der Waals surface area contributed by atoms with E-state index >= 15 is 0 Å². The molecule has 0 saturated heterocycles. The second-order valence-electron chi connectivity index (χ2n) is 4.96. The number of amides is 1. The molecule has 2 aromatic carbocycles. The van der Waals surface area contributed by atoms with E-state index in [0.29, 0.717) is 11.5 Å². The number of carbonyl (C=O) groups excluding carboxylic acids is 1. The van der Waals surface area contributed by atoms with Crippen molar-refractivity contribution in [1.29, 1.82) is 0 Å². The number of nitrogens with one attached hydrogen (secondary N) is 1. The predicted octanol–water partition coefficient (Wildman–Crippen LogP) is 3.17. The van der Waals surface area contributed by atoms with Gasteiger partial charge in [0, 0.05) is 17.2 Å². The molecular weight excluding hydrogens is 290 g/mol. The highest BCUT2D eigenvalue weighted by Crippen LogP contribution is 2.10. The molecule has 5 heteroatoms. The Bertz CT molecular complexity index is 782. The van der Waals surface area contributed by atoms with Gasteiger partial charge in [-0.1, -0.05) is 65.8 Å². The SMILES string of the molecule is Cc1cc(C(=O)NN=C(c2ccccc2)c2ccccc2)no1. The largest absolute Gasteiger partial charge is 0.361 e. The normalized spacial score (nSPS) is 10.1. The fourth-order valence-corrected chi connectivity index (χ4v) is 2.13. The van der Waals surface area contributed by atoms with Crippen LogP contribution in [0.1, 0.15) is 27.4 Å². The smallest absolute Gasteiger partial charge is 0.293 e. The number of nitrogens with zero attached hydrogens (tertiary/aromatic N) is 2. The van der Waals surface area contributed by atoms with Gasteiger partial charge < -0.3 is 4.52 Å². The minimum absolute atomic E-state index is 0.201. The first kappa shape index (κ1) is 14.7. The van der Waals surface area contributed by atoms with Gasteiger partial charge >= 0.3 is 0 Å². The summed E-state index contributed by atoms with van der Waals surface area (Å²) in [6.07, 6.45) is 0. The van der Waals surface area contributed by atoms with Crippen molar-refractivity contribution in [2.45, 2.75) is 6.92 Å². The lowest BCUT2D eigenvalue weighted by atomic mass is 10.0. The molecule has 5 nitrogen and oxygen atoms in total. The number of aromatic nitrogens is 1. The molecule has 1 aromatic heterocycles. The van der Waals surface area contributed by atoms with E-state index in [2.05, 4.69) is 15.7 Å². The predicted molar refractivity (Wildman–Crippen MR) is 87.2 cm³/mol. The van der Waals surface area contributed by atoms with Crippen LogP contribution in [0.4, 0.5) is 0 Å². The molecule has 1 N–H and O–H groups in total.